The van der Waals surface area contributed by atoms with Crippen molar-refractivity contribution in [1.82, 2.24) is 5.32 Å². The third-order valence-electron chi connectivity index (χ3n) is 3.35. The highest BCUT2D eigenvalue weighted by Crippen LogP contribution is 2.29. The summed E-state index contributed by atoms with van der Waals surface area (Å²) in [6.07, 6.45) is 0.626. The van der Waals surface area contributed by atoms with Crippen molar-refractivity contribution in [1.29, 1.82) is 0 Å². The zero-order chi connectivity index (χ0) is 14.4. The van der Waals surface area contributed by atoms with E-state index < -0.39 is 0 Å². The van der Waals surface area contributed by atoms with Gasteiger partial charge in [0.05, 0.1) is 27.4 Å². The number of rotatable bonds is 7. The zero-order valence-electron chi connectivity index (χ0n) is 12.3. The molecule has 0 saturated carbocycles. The Morgan fingerprint density at radius 3 is 2.25 bits per heavy atom. The predicted molar refractivity (Wildman–Crippen MR) is 76.3 cm³/mol. The molecule has 1 aromatic rings. The summed E-state index contributed by atoms with van der Waals surface area (Å²) in [6, 6.07) is 6.05. The van der Waals surface area contributed by atoms with Gasteiger partial charge in [-0.25, -0.2) is 0 Å². The van der Waals surface area contributed by atoms with Gasteiger partial charge in [0.15, 0.2) is 6.29 Å². The van der Waals surface area contributed by atoms with Gasteiger partial charge in [0.25, 0.3) is 0 Å². The highest BCUT2D eigenvalue weighted by molar-refractivity contribution is 5.39. The molecular weight excluding hydrogens is 258 g/mol. The van der Waals surface area contributed by atoms with Crippen molar-refractivity contribution < 1.29 is 18.9 Å². The Labute approximate surface area is 120 Å². The summed E-state index contributed by atoms with van der Waals surface area (Å²) in [5, 5.41) is 3.46. The molecule has 2 rings (SSSR count). The van der Waals surface area contributed by atoms with E-state index in [4.69, 9.17) is 18.9 Å². The molecule has 0 aromatic heterocycles. The Balaban J connectivity index is 2.17. The van der Waals surface area contributed by atoms with Gasteiger partial charge in [-0.15, -0.1) is 0 Å². The summed E-state index contributed by atoms with van der Waals surface area (Å²) < 4.78 is 21.7. The maximum Gasteiger partial charge on any atom is 0.159 e. The van der Waals surface area contributed by atoms with Gasteiger partial charge in [-0.2, -0.15) is 0 Å². The lowest BCUT2D eigenvalue weighted by Crippen LogP contribution is -2.26. The summed E-state index contributed by atoms with van der Waals surface area (Å²) in [4.78, 5) is 0. The second-order valence-electron chi connectivity index (χ2n) is 4.66. The molecule has 1 aliphatic rings. The van der Waals surface area contributed by atoms with E-state index in [2.05, 4.69) is 12.2 Å². The Hall–Kier alpha value is -1.30. The monoisotopic (exact) mass is 281 g/mol. The van der Waals surface area contributed by atoms with Crippen LogP contribution in [0.1, 0.15) is 24.9 Å². The molecule has 1 N–H and O–H groups in total. The molecule has 0 radical (unpaired) electrons. The molecule has 112 valence electrons. The average molecular weight is 281 g/mol. The van der Waals surface area contributed by atoms with Crippen LogP contribution in [0, 0.1) is 0 Å². The number of ether oxygens (including phenoxy) is 4. The van der Waals surface area contributed by atoms with Crippen LogP contribution in [-0.2, 0) is 9.47 Å². The average Bonchev–Trinajstić information content (AvgIpc) is 2.99. The van der Waals surface area contributed by atoms with Crippen molar-refractivity contribution in [2.45, 2.75) is 25.7 Å². The van der Waals surface area contributed by atoms with E-state index in [0.29, 0.717) is 13.2 Å². The van der Waals surface area contributed by atoms with Crippen LogP contribution in [0.2, 0.25) is 0 Å². The second kappa shape index (κ2) is 7.47. The molecule has 5 heteroatoms. The van der Waals surface area contributed by atoms with Gasteiger partial charge in [0.1, 0.15) is 11.5 Å². The topological polar surface area (TPSA) is 49.0 Å². The fourth-order valence-electron chi connectivity index (χ4n) is 2.35. The summed E-state index contributed by atoms with van der Waals surface area (Å²) in [6.45, 7) is 4.30. The summed E-state index contributed by atoms with van der Waals surface area (Å²) in [7, 11) is 3.31. The van der Waals surface area contributed by atoms with E-state index in [9.17, 15) is 0 Å². The van der Waals surface area contributed by atoms with Crippen LogP contribution < -0.4 is 14.8 Å². The second-order valence-corrected chi connectivity index (χ2v) is 4.66. The maximum atomic E-state index is 5.54. The molecule has 1 aromatic carbocycles. The minimum Gasteiger partial charge on any atom is -0.497 e. The molecule has 20 heavy (non-hydrogen) atoms. The van der Waals surface area contributed by atoms with Crippen LogP contribution in [0.25, 0.3) is 0 Å². The molecule has 1 fully saturated rings. The molecule has 0 amide bonds. The molecule has 1 atom stereocenters. The summed E-state index contributed by atoms with van der Waals surface area (Å²) >= 11 is 0. The summed E-state index contributed by atoms with van der Waals surface area (Å²) in [5.41, 5.74) is 1.11. The van der Waals surface area contributed by atoms with Crippen molar-refractivity contribution in [3.63, 3.8) is 0 Å². The predicted octanol–water partition coefficient (Wildman–Crippen LogP) is 2.12. The largest absolute Gasteiger partial charge is 0.497 e. The van der Waals surface area contributed by atoms with Gasteiger partial charge in [-0.1, -0.05) is 6.92 Å². The lowest BCUT2D eigenvalue weighted by molar-refractivity contribution is -0.0529. The van der Waals surface area contributed by atoms with E-state index in [0.717, 1.165) is 30.0 Å². The molecule has 1 heterocycles. The lowest BCUT2D eigenvalue weighted by Gasteiger charge is -2.22. The van der Waals surface area contributed by atoms with Crippen molar-refractivity contribution in [3.8, 4) is 11.5 Å². The maximum absolute atomic E-state index is 5.54. The Bertz CT molecular complexity index is 396. The Morgan fingerprint density at radius 2 is 1.75 bits per heavy atom. The normalized spacial score (nSPS) is 17.1. The third-order valence-corrected chi connectivity index (χ3v) is 3.35. The fraction of sp³-hybridized carbons (Fsp3) is 0.600. The van der Waals surface area contributed by atoms with E-state index in [1.165, 1.54) is 0 Å². The first-order valence-electron chi connectivity index (χ1n) is 6.96. The van der Waals surface area contributed by atoms with Crippen LogP contribution >= 0.6 is 0 Å². The number of benzene rings is 1. The first-order chi connectivity index (χ1) is 9.76. The fourth-order valence-corrected chi connectivity index (χ4v) is 2.35. The first-order valence-corrected chi connectivity index (χ1v) is 6.96. The highest BCUT2D eigenvalue weighted by Gasteiger charge is 2.23. The first kappa shape index (κ1) is 15.1. The standard InChI is InChI=1S/C15H23NO4/c1-4-16-14(10-15-19-5-6-20-15)11-7-12(17-2)9-13(8-11)18-3/h7-9,14-16H,4-6,10H2,1-3H3. The molecule has 1 unspecified atom stereocenters. The third kappa shape index (κ3) is 3.85. The summed E-state index contributed by atoms with van der Waals surface area (Å²) in [5.74, 6) is 1.58. The van der Waals surface area contributed by atoms with Crippen molar-refractivity contribution in [2.24, 2.45) is 0 Å². The Kier molecular flexibility index (Phi) is 5.64. The minimum atomic E-state index is -0.142. The number of hydrogen-bond acceptors (Lipinski definition) is 5. The van der Waals surface area contributed by atoms with Gasteiger partial charge < -0.3 is 24.3 Å². The Morgan fingerprint density at radius 1 is 1.15 bits per heavy atom. The zero-order valence-corrected chi connectivity index (χ0v) is 12.3. The van der Waals surface area contributed by atoms with Gasteiger partial charge in [-0.05, 0) is 24.2 Å². The van der Waals surface area contributed by atoms with Crippen molar-refractivity contribution in [3.05, 3.63) is 23.8 Å². The van der Waals surface area contributed by atoms with Crippen molar-refractivity contribution >= 4 is 0 Å². The molecular formula is C15H23NO4. The number of nitrogens with one attached hydrogen (secondary N) is 1. The SMILES string of the molecule is CCNC(CC1OCCO1)c1cc(OC)cc(OC)c1. The molecule has 0 aliphatic carbocycles. The van der Waals surface area contributed by atoms with Crippen LogP contribution in [-0.4, -0.2) is 40.3 Å². The van der Waals surface area contributed by atoms with Gasteiger partial charge in [0, 0.05) is 18.5 Å². The molecule has 0 spiro atoms. The van der Waals surface area contributed by atoms with Gasteiger partial charge in [-0.3, -0.25) is 0 Å². The van der Waals surface area contributed by atoms with E-state index >= 15 is 0 Å². The highest BCUT2D eigenvalue weighted by atomic mass is 16.7. The molecule has 1 aliphatic heterocycles. The van der Waals surface area contributed by atoms with Gasteiger partial charge in [0.2, 0.25) is 0 Å². The number of hydrogen-bond donors (Lipinski definition) is 1. The van der Waals surface area contributed by atoms with Crippen molar-refractivity contribution in [2.75, 3.05) is 34.0 Å². The molecule has 1 saturated heterocycles. The smallest absolute Gasteiger partial charge is 0.159 e. The van der Waals surface area contributed by atoms with E-state index in [1.807, 2.05) is 18.2 Å². The van der Waals surface area contributed by atoms with Crippen LogP contribution in [0.15, 0.2) is 18.2 Å². The minimum absolute atomic E-state index is 0.142. The quantitative estimate of drug-likeness (QED) is 0.829. The number of methoxy groups -OCH3 is 2. The van der Waals surface area contributed by atoms with Crippen LogP contribution in [0.3, 0.4) is 0 Å². The molecule has 0 bridgehead atoms. The van der Waals surface area contributed by atoms with Crippen LogP contribution in [0.4, 0.5) is 0 Å². The van der Waals surface area contributed by atoms with E-state index in [-0.39, 0.29) is 12.3 Å². The van der Waals surface area contributed by atoms with Crippen LogP contribution in [0.5, 0.6) is 11.5 Å². The van der Waals surface area contributed by atoms with Gasteiger partial charge >= 0.3 is 0 Å². The van der Waals surface area contributed by atoms with E-state index in [1.54, 1.807) is 14.2 Å². The molecule has 5 nitrogen and oxygen atoms in total. The lowest BCUT2D eigenvalue weighted by atomic mass is 10.0.